The van der Waals surface area contributed by atoms with Crippen LogP contribution in [0.4, 0.5) is 0 Å². The fourth-order valence-corrected chi connectivity index (χ4v) is 1.79. The lowest BCUT2D eigenvalue weighted by atomic mass is 10.1. The van der Waals surface area contributed by atoms with Crippen LogP contribution in [0, 0.1) is 0 Å². The molecule has 19 heavy (non-hydrogen) atoms. The van der Waals surface area contributed by atoms with Crippen LogP contribution in [-0.4, -0.2) is 29.5 Å². The Bertz CT molecular complexity index is 523. The van der Waals surface area contributed by atoms with Crippen LogP contribution in [0.1, 0.15) is 11.3 Å². The normalized spacial score (nSPS) is 10.2. The molecular weight excluding hydrogens is 242 g/mol. The molecule has 0 saturated heterocycles. The number of ether oxygens (including phenoxy) is 1. The van der Waals surface area contributed by atoms with E-state index in [9.17, 15) is 4.79 Å². The van der Waals surface area contributed by atoms with Crippen molar-refractivity contribution >= 4 is 5.91 Å². The molecule has 5 nitrogen and oxygen atoms in total. The summed E-state index contributed by atoms with van der Waals surface area (Å²) in [6.07, 6.45) is 4.34. The number of aromatic amines is 1. The Morgan fingerprint density at radius 1 is 1.47 bits per heavy atom. The molecule has 100 valence electrons. The SMILES string of the molecule is COc1cccc(CCNC(=O)Cc2cnc[nH]2)c1. The van der Waals surface area contributed by atoms with Crippen LogP contribution in [0.15, 0.2) is 36.8 Å². The third kappa shape index (κ3) is 4.13. The molecule has 0 saturated carbocycles. The summed E-state index contributed by atoms with van der Waals surface area (Å²) in [4.78, 5) is 18.4. The summed E-state index contributed by atoms with van der Waals surface area (Å²) < 4.78 is 5.15. The minimum Gasteiger partial charge on any atom is -0.497 e. The fraction of sp³-hybridized carbons (Fsp3) is 0.286. The smallest absolute Gasteiger partial charge is 0.226 e. The summed E-state index contributed by atoms with van der Waals surface area (Å²) in [5, 5.41) is 2.88. The van der Waals surface area contributed by atoms with E-state index in [1.807, 2.05) is 24.3 Å². The van der Waals surface area contributed by atoms with Crippen LogP contribution in [-0.2, 0) is 17.6 Å². The summed E-state index contributed by atoms with van der Waals surface area (Å²) in [6.45, 7) is 0.611. The van der Waals surface area contributed by atoms with E-state index >= 15 is 0 Å². The number of imidazole rings is 1. The summed E-state index contributed by atoms with van der Waals surface area (Å²) in [5.41, 5.74) is 1.96. The third-order valence-corrected chi connectivity index (χ3v) is 2.78. The highest BCUT2D eigenvalue weighted by Gasteiger charge is 2.04. The predicted octanol–water partition coefficient (Wildman–Crippen LogP) is 1.32. The zero-order chi connectivity index (χ0) is 13.5. The van der Waals surface area contributed by atoms with Crippen molar-refractivity contribution in [3.8, 4) is 5.75 Å². The minimum atomic E-state index is -0.00727. The molecule has 0 unspecified atom stereocenters. The number of hydrogen-bond acceptors (Lipinski definition) is 3. The monoisotopic (exact) mass is 259 g/mol. The molecule has 0 atom stereocenters. The first-order valence-corrected chi connectivity index (χ1v) is 6.15. The molecule has 1 amide bonds. The average Bonchev–Trinajstić information content (AvgIpc) is 2.92. The molecule has 0 spiro atoms. The molecule has 0 aliphatic carbocycles. The van der Waals surface area contributed by atoms with Crippen molar-refractivity contribution in [2.45, 2.75) is 12.8 Å². The Morgan fingerprint density at radius 2 is 2.37 bits per heavy atom. The second-order valence-electron chi connectivity index (χ2n) is 4.21. The van der Waals surface area contributed by atoms with Gasteiger partial charge in [0.05, 0.1) is 19.9 Å². The highest BCUT2D eigenvalue weighted by molar-refractivity contribution is 5.77. The Morgan fingerprint density at radius 3 is 3.11 bits per heavy atom. The number of amides is 1. The predicted molar refractivity (Wildman–Crippen MR) is 72.0 cm³/mol. The highest BCUT2D eigenvalue weighted by Crippen LogP contribution is 2.12. The quantitative estimate of drug-likeness (QED) is 0.822. The van der Waals surface area contributed by atoms with Crippen LogP contribution in [0.25, 0.3) is 0 Å². The number of methoxy groups -OCH3 is 1. The zero-order valence-corrected chi connectivity index (χ0v) is 10.8. The Hall–Kier alpha value is -2.30. The van der Waals surface area contributed by atoms with Crippen molar-refractivity contribution in [1.82, 2.24) is 15.3 Å². The number of carbonyl (C=O) groups excluding carboxylic acids is 1. The molecule has 0 aliphatic rings. The van der Waals surface area contributed by atoms with Crippen molar-refractivity contribution in [2.24, 2.45) is 0 Å². The highest BCUT2D eigenvalue weighted by atomic mass is 16.5. The Kier molecular flexibility index (Phi) is 4.55. The second-order valence-corrected chi connectivity index (χ2v) is 4.21. The molecule has 0 radical (unpaired) electrons. The summed E-state index contributed by atoms with van der Waals surface area (Å²) in [6, 6.07) is 7.84. The number of nitrogens with zero attached hydrogens (tertiary/aromatic N) is 1. The first-order chi connectivity index (χ1) is 9.28. The van der Waals surface area contributed by atoms with Gasteiger partial charge >= 0.3 is 0 Å². The van der Waals surface area contributed by atoms with Crippen LogP contribution >= 0.6 is 0 Å². The van der Waals surface area contributed by atoms with E-state index in [0.29, 0.717) is 13.0 Å². The van der Waals surface area contributed by atoms with Gasteiger partial charge in [0.15, 0.2) is 0 Å². The topological polar surface area (TPSA) is 67.0 Å². The van der Waals surface area contributed by atoms with E-state index in [4.69, 9.17) is 4.74 Å². The number of rotatable bonds is 6. The van der Waals surface area contributed by atoms with Gasteiger partial charge in [-0.2, -0.15) is 0 Å². The lowest BCUT2D eigenvalue weighted by Gasteiger charge is -2.06. The van der Waals surface area contributed by atoms with Crippen molar-refractivity contribution in [2.75, 3.05) is 13.7 Å². The van der Waals surface area contributed by atoms with Gasteiger partial charge in [0.25, 0.3) is 0 Å². The number of benzene rings is 1. The van der Waals surface area contributed by atoms with E-state index in [1.165, 1.54) is 0 Å². The van der Waals surface area contributed by atoms with Crippen LogP contribution in [0.5, 0.6) is 5.75 Å². The van der Waals surface area contributed by atoms with E-state index in [2.05, 4.69) is 15.3 Å². The van der Waals surface area contributed by atoms with Gasteiger partial charge in [0, 0.05) is 18.4 Å². The molecule has 2 N–H and O–H groups in total. The lowest BCUT2D eigenvalue weighted by molar-refractivity contribution is -0.120. The van der Waals surface area contributed by atoms with Crippen LogP contribution < -0.4 is 10.1 Å². The van der Waals surface area contributed by atoms with Crippen molar-refractivity contribution < 1.29 is 9.53 Å². The maximum Gasteiger partial charge on any atom is 0.226 e. The maximum atomic E-state index is 11.6. The molecule has 1 aromatic heterocycles. The van der Waals surface area contributed by atoms with Gasteiger partial charge in [-0.1, -0.05) is 12.1 Å². The Labute approximate surface area is 112 Å². The number of hydrogen-bond donors (Lipinski definition) is 2. The fourth-order valence-electron chi connectivity index (χ4n) is 1.79. The van der Waals surface area contributed by atoms with Crippen LogP contribution in [0.3, 0.4) is 0 Å². The molecule has 2 aromatic rings. The lowest BCUT2D eigenvalue weighted by Crippen LogP contribution is -2.27. The molecule has 2 rings (SSSR count). The first-order valence-electron chi connectivity index (χ1n) is 6.15. The second kappa shape index (κ2) is 6.58. The number of aromatic nitrogens is 2. The average molecular weight is 259 g/mol. The number of nitrogens with one attached hydrogen (secondary N) is 2. The van der Waals surface area contributed by atoms with E-state index in [-0.39, 0.29) is 5.91 Å². The molecule has 0 fully saturated rings. The largest absolute Gasteiger partial charge is 0.497 e. The molecular formula is C14H17N3O2. The summed E-state index contributed by atoms with van der Waals surface area (Å²) in [7, 11) is 1.64. The van der Waals surface area contributed by atoms with E-state index < -0.39 is 0 Å². The molecule has 5 heteroatoms. The molecule has 0 aliphatic heterocycles. The molecule has 1 aromatic carbocycles. The summed E-state index contributed by atoms with van der Waals surface area (Å²) in [5.74, 6) is 0.827. The van der Waals surface area contributed by atoms with Gasteiger partial charge in [-0.05, 0) is 24.1 Å². The number of H-pyrrole nitrogens is 1. The summed E-state index contributed by atoms with van der Waals surface area (Å²) >= 11 is 0. The molecule has 1 heterocycles. The first kappa shape index (κ1) is 13.1. The minimum absolute atomic E-state index is 0.00727. The molecule has 0 bridgehead atoms. The van der Waals surface area contributed by atoms with Crippen molar-refractivity contribution in [3.05, 3.63) is 48.0 Å². The third-order valence-electron chi connectivity index (χ3n) is 2.78. The Balaban J connectivity index is 1.75. The van der Waals surface area contributed by atoms with Gasteiger partial charge < -0.3 is 15.0 Å². The van der Waals surface area contributed by atoms with Crippen molar-refractivity contribution in [3.63, 3.8) is 0 Å². The van der Waals surface area contributed by atoms with Crippen molar-refractivity contribution in [1.29, 1.82) is 0 Å². The number of carbonyl (C=O) groups is 1. The maximum absolute atomic E-state index is 11.6. The standard InChI is InChI=1S/C14H17N3O2/c1-19-13-4-2-3-11(7-13)5-6-16-14(18)8-12-9-15-10-17-12/h2-4,7,9-10H,5-6,8H2,1H3,(H,15,17)(H,16,18). The van der Waals surface area contributed by atoms with Gasteiger partial charge in [-0.25, -0.2) is 4.98 Å². The van der Waals surface area contributed by atoms with E-state index in [0.717, 1.165) is 23.4 Å². The van der Waals surface area contributed by atoms with E-state index in [1.54, 1.807) is 19.6 Å². The van der Waals surface area contributed by atoms with Gasteiger partial charge in [-0.15, -0.1) is 0 Å². The van der Waals surface area contributed by atoms with Gasteiger partial charge in [0.1, 0.15) is 5.75 Å². The zero-order valence-electron chi connectivity index (χ0n) is 10.8. The van der Waals surface area contributed by atoms with Gasteiger partial charge in [0.2, 0.25) is 5.91 Å². The van der Waals surface area contributed by atoms with Crippen LogP contribution in [0.2, 0.25) is 0 Å². The van der Waals surface area contributed by atoms with Gasteiger partial charge in [-0.3, -0.25) is 4.79 Å².